The van der Waals surface area contributed by atoms with Gasteiger partial charge in [-0.1, -0.05) is 20.8 Å². The van der Waals surface area contributed by atoms with E-state index in [2.05, 4.69) is 41.0 Å². The topological polar surface area (TPSA) is 41.0 Å². The first-order chi connectivity index (χ1) is 7.50. The second kappa shape index (κ2) is 4.01. The number of anilines is 1. The van der Waals surface area contributed by atoms with Crippen LogP contribution in [0, 0.1) is 0 Å². The van der Waals surface area contributed by atoms with Crippen LogP contribution < -0.4 is 10.2 Å². The highest BCUT2D eigenvalue weighted by Crippen LogP contribution is 2.22. The highest BCUT2D eigenvalue weighted by atomic mass is 15.3. The van der Waals surface area contributed by atoms with Gasteiger partial charge < -0.3 is 10.2 Å². The third-order valence-electron chi connectivity index (χ3n) is 2.93. The monoisotopic (exact) mass is 220 g/mol. The van der Waals surface area contributed by atoms with Crippen molar-refractivity contribution in [3.05, 3.63) is 18.1 Å². The lowest BCUT2D eigenvalue weighted by Crippen LogP contribution is -2.57. The Morgan fingerprint density at radius 1 is 1.38 bits per heavy atom. The van der Waals surface area contributed by atoms with Crippen molar-refractivity contribution in [1.29, 1.82) is 0 Å². The van der Waals surface area contributed by atoms with Crippen molar-refractivity contribution >= 4 is 5.82 Å². The maximum Gasteiger partial charge on any atom is 0.135 e. The summed E-state index contributed by atoms with van der Waals surface area (Å²) < 4.78 is 0. The molecule has 0 spiro atoms. The third-order valence-corrected chi connectivity index (χ3v) is 2.93. The van der Waals surface area contributed by atoms with Gasteiger partial charge in [0.05, 0.1) is 0 Å². The van der Waals surface area contributed by atoms with E-state index in [-0.39, 0.29) is 5.41 Å². The van der Waals surface area contributed by atoms with Crippen LogP contribution in [0.25, 0.3) is 0 Å². The minimum atomic E-state index is 0.0171. The van der Waals surface area contributed by atoms with E-state index in [1.807, 2.05) is 19.3 Å². The van der Waals surface area contributed by atoms with Gasteiger partial charge in [0.2, 0.25) is 0 Å². The lowest BCUT2D eigenvalue weighted by Gasteiger charge is -2.40. The molecule has 1 fully saturated rings. The molecule has 0 aliphatic carbocycles. The lowest BCUT2D eigenvalue weighted by atomic mass is 9.96. The Balaban J connectivity index is 2.12. The zero-order valence-corrected chi connectivity index (χ0v) is 10.5. The highest BCUT2D eigenvalue weighted by molar-refractivity contribution is 5.42. The summed E-state index contributed by atoms with van der Waals surface area (Å²) in [5, 5.41) is 3.26. The van der Waals surface area contributed by atoms with Gasteiger partial charge in [-0.25, -0.2) is 9.97 Å². The van der Waals surface area contributed by atoms with E-state index < -0.39 is 0 Å². The van der Waals surface area contributed by atoms with Gasteiger partial charge in [0, 0.05) is 30.7 Å². The van der Waals surface area contributed by atoms with Crippen molar-refractivity contribution in [2.75, 3.05) is 25.0 Å². The van der Waals surface area contributed by atoms with E-state index in [0.29, 0.717) is 6.04 Å². The normalized spacial score (nSPS) is 17.4. The molecule has 1 aromatic rings. The van der Waals surface area contributed by atoms with Gasteiger partial charge in [-0.15, -0.1) is 0 Å². The maximum absolute atomic E-state index is 4.62. The van der Waals surface area contributed by atoms with E-state index >= 15 is 0 Å². The Kier molecular flexibility index (Phi) is 2.84. The van der Waals surface area contributed by atoms with Gasteiger partial charge in [0.25, 0.3) is 0 Å². The summed E-state index contributed by atoms with van der Waals surface area (Å²) >= 11 is 0. The summed E-state index contributed by atoms with van der Waals surface area (Å²) in [4.78, 5) is 11.2. The quantitative estimate of drug-likeness (QED) is 0.812. The molecule has 1 N–H and O–H groups in total. The van der Waals surface area contributed by atoms with E-state index in [1.54, 1.807) is 0 Å². The molecule has 0 saturated carbocycles. The molecule has 4 heteroatoms. The lowest BCUT2D eigenvalue weighted by molar-refractivity contribution is 0.444. The van der Waals surface area contributed by atoms with Gasteiger partial charge in [0.1, 0.15) is 11.6 Å². The molecule has 0 amide bonds. The minimum absolute atomic E-state index is 0.0171. The molecule has 88 valence electrons. The van der Waals surface area contributed by atoms with Crippen LogP contribution >= 0.6 is 0 Å². The number of nitrogens with one attached hydrogen (secondary N) is 1. The average molecular weight is 220 g/mol. The number of aromatic nitrogens is 2. The van der Waals surface area contributed by atoms with Crippen LogP contribution in [0.4, 0.5) is 5.82 Å². The Morgan fingerprint density at radius 2 is 2.06 bits per heavy atom. The van der Waals surface area contributed by atoms with E-state index in [9.17, 15) is 0 Å². The van der Waals surface area contributed by atoms with E-state index in [4.69, 9.17) is 0 Å². The zero-order chi connectivity index (χ0) is 11.8. The predicted octanol–water partition coefficient (Wildman–Crippen LogP) is 1.18. The average Bonchev–Trinajstić information content (AvgIpc) is 2.15. The number of likely N-dealkylation sites (N-methyl/N-ethyl adjacent to an activating group) is 1. The van der Waals surface area contributed by atoms with Gasteiger partial charge in [-0.3, -0.25) is 0 Å². The molecule has 1 aliphatic heterocycles. The fourth-order valence-electron chi connectivity index (χ4n) is 1.73. The van der Waals surface area contributed by atoms with Crippen LogP contribution in [0.5, 0.6) is 0 Å². The second-order valence-electron chi connectivity index (χ2n) is 5.38. The second-order valence-corrected chi connectivity index (χ2v) is 5.38. The largest absolute Gasteiger partial charge is 0.353 e. The van der Waals surface area contributed by atoms with Crippen LogP contribution in [0.15, 0.2) is 12.3 Å². The SMILES string of the molecule is CNC1CN(c2ccnc(C(C)(C)C)n2)C1. The first-order valence-electron chi connectivity index (χ1n) is 5.76. The van der Waals surface area contributed by atoms with Crippen molar-refractivity contribution in [3.8, 4) is 0 Å². The summed E-state index contributed by atoms with van der Waals surface area (Å²) in [5.41, 5.74) is 0.0171. The fourth-order valence-corrected chi connectivity index (χ4v) is 1.73. The predicted molar refractivity (Wildman–Crippen MR) is 65.8 cm³/mol. The summed E-state index contributed by atoms with van der Waals surface area (Å²) in [6.07, 6.45) is 1.86. The van der Waals surface area contributed by atoms with Crippen LogP contribution in [-0.4, -0.2) is 36.1 Å². The molecule has 4 nitrogen and oxygen atoms in total. The molecule has 0 atom stereocenters. The molecular formula is C12H20N4. The summed E-state index contributed by atoms with van der Waals surface area (Å²) in [7, 11) is 2.00. The summed E-state index contributed by atoms with van der Waals surface area (Å²) in [6.45, 7) is 8.49. The molecule has 0 radical (unpaired) electrons. The number of rotatable bonds is 2. The molecule has 1 aromatic heterocycles. The van der Waals surface area contributed by atoms with Crippen LogP contribution in [0.3, 0.4) is 0 Å². The molecule has 1 saturated heterocycles. The Labute approximate surface area is 97.1 Å². The van der Waals surface area contributed by atoms with Crippen molar-refractivity contribution in [3.63, 3.8) is 0 Å². The highest BCUT2D eigenvalue weighted by Gasteiger charge is 2.27. The van der Waals surface area contributed by atoms with Crippen molar-refractivity contribution in [2.45, 2.75) is 32.2 Å². The Bertz CT molecular complexity index is 364. The molecule has 0 unspecified atom stereocenters. The van der Waals surface area contributed by atoms with Crippen molar-refractivity contribution < 1.29 is 0 Å². The standard InChI is InChI=1S/C12H20N4/c1-12(2,3)11-14-6-5-10(15-11)16-7-9(8-16)13-4/h5-6,9,13H,7-8H2,1-4H3. The van der Waals surface area contributed by atoms with Crippen LogP contribution in [0.2, 0.25) is 0 Å². The van der Waals surface area contributed by atoms with Crippen molar-refractivity contribution in [1.82, 2.24) is 15.3 Å². The molecule has 2 rings (SSSR count). The van der Waals surface area contributed by atoms with Crippen molar-refractivity contribution in [2.24, 2.45) is 0 Å². The Hall–Kier alpha value is -1.16. The number of nitrogens with zero attached hydrogens (tertiary/aromatic N) is 3. The molecule has 0 bridgehead atoms. The molecule has 2 heterocycles. The third kappa shape index (κ3) is 2.16. The zero-order valence-electron chi connectivity index (χ0n) is 10.5. The summed E-state index contributed by atoms with van der Waals surface area (Å²) in [5.74, 6) is 1.96. The summed E-state index contributed by atoms with van der Waals surface area (Å²) in [6, 6.07) is 2.59. The van der Waals surface area contributed by atoms with E-state index in [0.717, 1.165) is 24.7 Å². The van der Waals surface area contributed by atoms with Gasteiger partial charge in [-0.2, -0.15) is 0 Å². The first-order valence-corrected chi connectivity index (χ1v) is 5.76. The minimum Gasteiger partial charge on any atom is -0.353 e. The molecule has 0 aromatic carbocycles. The van der Waals surface area contributed by atoms with Crippen LogP contribution in [-0.2, 0) is 5.41 Å². The molecule has 16 heavy (non-hydrogen) atoms. The van der Waals surface area contributed by atoms with E-state index in [1.165, 1.54) is 0 Å². The van der Waals surface area contributed by atoms with Gasteiger partial charge in [0.15, 0.2) is 0 Å². The van der Waals surface area contributed by atoms with Gasteiger partial charge in [-0.05, 0) is 13.1 Å². The Morgan fingerprint density at radius 3 is 2.62 bits per heavy atom. The van der Waals surface area contributed by atoms with Crippen LogP contribution in [0.1, 0.15) is 26.6 Å². The molecular weight excluding hydrogens is 200 g/mol. The molecule has 1 aliphatic rings. The fraction of sp³-hybridized carbons (Fsp3) is 0.667. The maximum atomic E-state index is 4.62. The number of hydrogen-bond donors (Lipinski definition) is 1. The first kappa shape index (κ1) is 11.3. The van der Waals surface area contributed by atoms with Gasteiger partial charge >= 0.3 is 0 Å². The number of hydrogen-bond acceptors (Lipinski definition) is 4. The smallest absolute Gasteiger partial charge is 0.135 e.